The van der Waals surface area contributed by atoms with Crippen molar-refractivity contribution in [2.24, 2.45) is 0 Å². The summed E-state index contributed by atoms with van der Waals surface area (Å²) in [5.41, 5.74) is 3.59. The van der Waals surface area contributed by atoms with E-state index in [9.17, 15) is 4.79 Å². The third-order valence-corrected chi connectivity index (χ3v) is 2.97. The number of nitrogens with zero attached hydrogens (tertiary/aromatic N) is 2. The molecule has 1 aromatic carbocycles. The normalized spacial score (nSPS) is 11.0. The minimum atomic E-state index is -0.212. The van der Waals surface area contributed by atoms with Gasteiger partial charge in [-0.05, 0) is 12.6 Å². The molecule has 3 aromatic rings. The lowest BCUT2D eigenvalue weighted by Gasteiger charge is -2.01. The van der Waals surface area contributed by atoms with Crippen molar-refractivity contribution in [2.75, 3.05) is 7.05 Å². The van der Waals surface area contributed by atoms with Gasteiger partial charge in [-0.15, -0.1) is 0 Å². The highest BCUT2D eigenvalue weighted by molar-refractivity contribution is 5.88. The van der Waals surface area contributed by atoms with Gasteiger partial charge in [0, 0.05) is 12.1 Å². The fourth-order valence-corrected chi connectivity index (χ4v) is 2.03. The van der Waals surface area contributed by atoms with Crippen LogP contribution in [-0.2, 0) is 6.54 Å². The van der Waals surface area contributed by atoms with Gasteiger partial charge >= 0.3 is 0 Å². The first-order valence-corrected chi connectivity index (χ1v) is 5.95. The molecule has 0 fully saturated rings. The van der Waals surface area contributed by atoms with Crippen LogP contribution in [0.3, 0.4) is 0 Å². The lowest BCUT2D eigenvalue weighted by Crippen LogP contribution is -2.05. The van der Waals surface area contributed by atoms with Crippen LogP contribution in [0.1, 0.15) is 5.56 Å². The topological polar surface area (TPSA) is 86.5 Å². The van der Waals surface area contributed by atoms with Gasteiger partial charge in [0.1, 0.15) is 16.7 Å². The number of benzene rings is 1. The van der Waals surface area contributed by atoms with E-state index in [-0.39, 0.29) is 5.56 Å². The molecule has 6 heteroatoms. The van der Waals surface area contributed by atoms with Crippen molar-refractivity contribution < 1.29 is 0 Å². The van der Waals surface area contributed by atoms with Gasteiger partial charge in [-0.25, -0.2) is 4.98 Å². The first kappa shape index (κ1) is 11.6. The van der Waals surface area contributed by atoms with E-state index < -0.39 is 0 Å². The lowest BCUT2D eigenvalue weighted by molar-refractivity contribution is 0.818. The maximum Gasteiger partial charge on any atom is 0.276 e. The summed E-state index contributed by atoms with van der Waals surface area (Å²) in [5.74, 6) is 0. The van der Waals surface area contributed by atoms with Crippen LogP contribution in [0.15, 0.2) is 35.4 Å². The van der Waals surface area contributed by atoms with Crippen LogP contribution in [0.25, 0.3) is 22.3 Å². The Kier molecular flexibility index (Phi) is 2.85. The van der Waals surface area contributed by atoms with Crippen molar-refractivity contribution in [3.63, 3.8) is 0 Å². The summed E-state index contributed by atoms with van der Waals surface area (Å²) >= 11 is 0. The molecule has 0 saturated heterocycles. The first-order valence-electron chi connectivity index (χ1n) is 5.95. The lowest BCUT2D eigenvalue weighted by atomic mass is 10.1. The van der Waals surface area contributed by atoms with E-state index >= 15 is 0 Å². The van der Waals surface area contributed by atoms with Crippen molar-refractivity contribution in [1.82, 2.24) is 25.5 Å². The van der Waals surface area contributed by atoms with E-state index in [1.165, 1.54) is 11.9 Å². The second-order valence-corrected chi connectivity index (χ2v) is 4.25. The largest absolute Gasteiger partial charge is 0.316 e. The predicted molar refractivity (Wildman–Crippen MR) is 72.7 cm³/mol. The number of rotatable bonds is 3. The smallest absolute Gasteiger partial charge is 0.276 e. The monoisotopic (exact) mass is 255 g/mol. The van der Waals surface area contributed by atoms with Crippen LogP contribution in [0, 0.1) is 0 Å². The molecule has 3 N–H and O–H groups in total. The molecule has 0 atom stereocenters. The molecule has 96 valence electrons. The minimum Gasteiger partial charge on any atom is -0.316 e. The third kappa shape index (κ3) is 2.02. The third-order valence-electron chi connectivity index (χ3n) is 2.97. The van der Waals surface area contributed by atoms with Gasteiger partial charge in [-0.3, -0.25) is 9.89 Å². The number of aromatic nitrogens is 4. The van der Waals surface area contributed by atoms with E-state index in [1.807, 2.05) is 31.3 Å². The zero-order chi connectivity index (χ0) is 13.2. The second kappa shape index (κ2) is 4.66. The number of H-pyrrole nitrogens is 2. The Bertz CT molecular complexity index is 757. The summed E-state index contributed by atoms with van der Waals surface area (Å²) < 4.78 is 0. The van der Waals surface area contributed by atoms with Gasteiger partial charge in [-0.1, -0.05) is 24.3 Å². The molecule has 0 aliphatic heterocycles. The molecular weight excluding hydrogens is 242 g/mol. The van der Waals surface area contributed by atoms with Gasteiger partial charge in [0.25, 0.3) is 5.56 Å². The van der Waals surface area contributed by atoms with Crippen LogP contribution >= 0.6 is 0 Å². The van der Waals surface area contributed by atoms with E-state index in [4.69, 9.17) is 0 Å². The standard InChI is InChI=1S/C13H13N5O/c1-14-6-8-2-4-9(5-3-8)10-11-12(18-17-10)13(19)16-7-15-11/h2-5,7,14H,6H2,1H3,(H,17,18)(H,15,16,19). The minimum absolute atomic E-state index is 0.212. The van der Waals surface area contributed by atoms with Crippen LogP contribution in [0.4, 0.5) is 0 Å². The van der Waals surface area contributed by atoms with Gasteiger partial charge in [0.2, 0.25) is 0 Å². The Morgan fingerprint density at radius 1 is 1.26 bits per heavy atom. The molecule has 2 heterocycles. The first-order chi connectivity index (χ1) is 9.29. The fraction of sp³-hybridized carbons (Fsp3) is 0.154. The SMILES string of the molecule is CNCc1ccc(-c2n[nH]c3c(=O)[nH]cnc23)cc1. The fourth-order valence-electron chi connectivity index (χ4n) is 2.03. The maximum atomic E-state index is 11.6. The van der Waals surface area contributed by atoms with E-state index in [0.717, 1.165) is 12.1 Å². The van der Waals surface area contributed by atoms with E-state index in [0.29, 0.717) is 16.7 Å². The second-order valence-electron chi connectivity index (χ2n) is 4.25. The average molecular weight is 255 g/mol. The highest BCUT2D eigenvalue weighted by Gasteiger charge is 2.11. The molecular formula is C13H13N5O. The maximum absolute atomic E-state index is 11.6. The van der Waals surface area contributed by atoms with Gasteiger partial charge in [0.15, 0.2) is 0 Å². The van der Waals surface area contributed by atoms with Crippen LogP contribution in [-0.4, -0.2) is 27.2 Å². The van der Waals surface area contributed by atoms with Crippen LogP contribution in [0.5, 0.6) is 0 Å². The number of aromatic amines is 2. The van der Waals surface area contributed by atoms with E-state index in [1.54, 1.807) is 0 Å². The molecule has 0 unspecified atom stereocenters. The highest BCUT2D eigenvalue weighted by atomic mass is 16.1. The molecule has 2 aromatic heterocycles. The zero-order valence-corrected chi connectivity index (χ0v) is 10.4. The number of hydrogen-bond donors (Lipinski definition) is 3. The van der Waals surface area contributed by atoms with Gasteiger partial charge < -0.3 is 10.3 Å². The molecule has 3 rings (SSSR count). The van der Waals surface area contributed by atoms with Crippen molar-refractivity contribution in [2.45, 2.75) is 6.54 Å². The molecule has 0 radical (unpaired) electrons. The Labute approximate surface area is 108 Å². The Morgan fingerprint density at radius 2 is 2.05 bits per heavy atom. The molecule has 19 heavy (non-hydrogen) atoms. The Hall–Kier alpha value is -2.47. The molecule has 0 bridgehead atoms. The highest BCUT2D eigenvalue weighted by Crippen LogP contribution is 2.22. The average Bonchev–Trinajstić information content (AvgIpc) is 2.85. The number of nitrogens with one attached hydrogen (secondary N) is 3. The predicted octanol–water partition coefficient (Wildman–Crippen LogP) is 1.03. The van der Waals surface area contributed by atoms with Gasteiger partial charge in [-0.2, -0.15) is 5.10 Å². The molecule has 0 amide bonds. The summed E-state index contributed by atoms with van der Waals surface area (Å²) in [6.07, 6.45) is 1.39. The van der Waals surface area contributed by atoms with Crippen LogP contribution in [0.2, 0.25) is 0 Å². The summed E-state index contributed by atoms with van der Waals surface area (Å²) in [4.78, 5) is 18.3. The summed E-state index contributed by atoms with van der Waals surface area (Å²) in [6, 6.07) is 8.01. The van der Waals surface area contributed by atoms with E-state index in [2.05, 4.69) is 25.5 Å². The molecule has 0 spiro atoms. The van der Waals surface area contributed by atoms with Gasteiger partial charge in [0.05, 0.1) is 6.33 Å². The van der Waals surface area contributed by atoms with Crippen molar-refractivity contribution in [3.8, 4) is 11.3 Å². The van der Waals surface area contributed by atoms with Crippen molar-refractivity contribution in [1.29, 1.82) is 0 Å². The summed E-state index contributed by atoms with van der Waals surface area (Å²) in [7, 11) is 1.91. The quantitative estimate of drug-likeness (QED) is 0.652. The molecule has 0 aliphatic rings. The zero-order valence-electron chi connectivity index (χ0n) is 10.4. The molecule has 6 nitrogen and oxygen atoms in total. The molecule has 0 aliphatic carbocycles. The van der Waals surface area contributed by atoms with Crippen LogP contribution < -0.4 is 10.9 Å². The van der Waals surface area contributed by atoms with Crippen molar-refractivity contribution >= 4 is 11.0 Å². The summed E-state index contributed by atoms with van der Waals surface area (Å²) in [6.45, 7) is 0.819. The molecule has 0 saturated carbocycles. The summed E-state index contributed by atoms with van der Waals surface area (Å²) in [5, 5.41) is 10.0. The Balaban J connectivity index is 2.09. The van der Waals surface area contributed by atoms with Crippen molar-refractivity contribution in [3.05, 3.63) is 46.5 Å². The number of hydrogen-bond acceptors (Lipinski definition) is 4. The number of fused-ring (bicyclic) bond motifs is 1. The Morgan fingerprint density at radius 3 is 2.79 bits per heavy atom.